The predicted octanol–water partition coefficient (Wildman–Crippen LogP) is 3.08. The number of alkyl halides is 3. The molecule has 0 radical (unpaired) electrons. The number of hydrogen-bond acceptors (Lipinski definition) is 2. The molecule has 1 aromatic carbocycles. The smallest absolute Gasteiger partial charge is 0.352 e. The van der Waals surface area contributed by atoms with Gasteiger partial charge in [-0.25, -0.2) is 0 Å². The molecule has 0 spiro atoms. The number of carbonyl (C=O) groups is 1. The minimum absolute atomic E-state index is 0. The summed E-state index contributed by atoms with van der Waals surface area (Å²) in [5.41, 5.74) is 4.83. The lowest BCUT2D eigenvalue weighted by atomic mass is 9.92. The maximum atomic E-state index is 12.9. The van der Waals surface area contributed by atoms with Gasteiger partial charge in [0.25, 0.3) is 0 Å². The van der Waals surface area contributed by atoms with Crippen LogP contribution in [0.4, 0.5) is 13.2 Å². The average molecular weight is 325 g/mol. The molecule has 2 atom stereocenters. The summed E-state index contributed by atoms with van der Waals surface area (Å²) in [6, 6.07) is 5.14. The van der Waals surface area contributed by atoms with Crippen molar-refractivity contribution in [3.05, 3.63) is 35.4 Å². The van der Waals surface area contributed by atoms with Crippen LogP contribution in [0.2, 0.25) is 0 Å². The van der Waals surface area contributed by atoms with E-state index >= 15 is 0 Å². The van der Waals surface area contributed by atoms with Gasteiger partial charge in [-0.15, -0.1) is 12.4 Å². The predicted molar refractivity (Wildman–Crippen MR) is 78.4 cm³/mol. The monoisotopic (exact) mass is 324 g/mol. The van der Waals surface area contributed by atoms with Crippen LogP contribution in [0, 0.1) is 0 Å². The second-order valence-electron chi connectivity index (χ2n) is 4.89. The van der Waals surface area contributed by atoms with Crippen molar-refractivity contribution in [2.24, 2.45) is 5.73 Å². The number of amides is 1. The fourth-order valence-corrected chi connectivity index (χ4v) is 1.97. The molecule has 1 unspecified atom stereocenters. The molecule has 0 aliphatic rings. The molecule has 120 valence electrons. The van der Waals surface area contributed by atoms with E-state index in [9.17, 15) is 18.0 Å². The maximum Gasteiger partial charge on any atom is 0.416 e. The van der Waals surface area contributed by atoms with E-state index in [4.69, 9.17) is 5.73 Å². The van der Waals surface area contributed by atoms with Crippen LogP contribution < -0.4 is 11.1 Å². The highest BCUT2D eigenvalue weighted by molar-refractivity contribution is 5.85. The number of hydrogen-bond donors (Lipinski definition) is 2. The Morgan fingerprint density at radius 3 is 2.38 bits per heavy atom. The minimum Gasteiger partial charge on any atom is -0.352 e. The van der Waals surface area contributed by atoms with Crippen molar-refractivity contribution in [2.75, 3.05) is 6.54 Å². The number of nitrogens with two attached hydrogens (primary N) is 1. The third-order valence-electron chi connectivity index (χ3n) is 3.05. The van der Waals surface area contributed by atoms with Crippen LogP contribution in [0.15, 0.2) is 24.3 Å². The SMILES string of the molecule is CC(CC(=O)N[C@@H](C)CN)c1ccccc1C(F)(F)F.Cl. The van der Waals surface area contributed by atoms with E-state index in [1.165, 1.54) is 12.1 Å². The maximum absolute atomic E-state index is 12.9. The van der Waals surface area contributed by atoms with E-state index in [-0.39, 0.29) is 36.3 Å². The summed E-state index contributed by atoms with van der Waals surface area (Å²) in [5, 5.41) is 2.64. The number of carbonyl (C=O) groups excluding carboxylic acids is 1. The Morgan fingerprint density at radius 1 is 1.29 bits per heavy atom. The number of rotatable bonds is 5. The Hall–Kier alpha value is -1.27. The highest BCUT2D eigenvalue weighted by atomic mass is 35.5. The van der Waals surface area contributed by atoms with E-state index in [2.05, 4.69) is 5.32 Å². The summed E-state index contributed by atoms with van der Waals surface area (Å²) >= 11 is 0. The van der Waals surface area contributed by atoms with Gasteiger partial charge in [0.2, 0.25) is 5.91 Å². The van der Waals surface area contributed by atoms with E-state index < -0.39 is 17.7 Å². The molecule has 7 heteroatoms. The van der Waals surface area contributed by atoms with Crippen LogP contribution in [0.5, 0.6) is 0 Å². The van der Waals surface area contributed by atoms with Gasteiger partial charge in [-0.05, 0) is 24.5 Å². The Balaban J connectivity index is 0.00000400. The lowest BCUT2D eigenvalue weighted by molar-refractivity contribution is -0.138. The molecule has 1 amide bonds. The Morgan fingerprint density at radius 2 is 1.86 bits per heavy atom. The summed E-state index contributed by atoms with van der Waals surface area (Å²) in [4.78, 5) is 11.7. The first kappa shape index (κ1) is 19.7. The second kappa shape index (κ2) is 8.24. The summed E-state index contributed by atoms with van der Waals surface area (Å²) in [6.45, 7) is 3.64. The van der Waals surface area contributed by atoms with Gasteiger partial charge in [-0.2, -0.15) is 13.2 Å². The van der Waals surface area contributed by atoms with Crippen LogP contribution >= 0.6 is 12.4 Å². The average Bonchev–Trinajstić information content (AvgIpc) is 2.37. The largest absolute Gasteiger partial charge is 0.416 e. The summed E-state index contributed by atoms with van der Waals surface area (Å²) in [6.07, 6.45) is -4.41. The molecule has 0 aliphatic heterocycles. The number of halogens is 4. The van der Waals surface area contributed by atoms with Crippen LogP contribution in [-0.4, -0.2) is 18.5 Å². The fraction of sp³-hybridized carbons (Fsp3) is 0.500. The number of benzene rings is 1. The van der Waals surface area contributed by atoms with Crippen molar-refractivity contribution in [3.63, 3.8) is 0 Å². The number of nitrogens with one attached hydrogen (secondary N) is 1. The van der Waals surface area contributed by atoms with Crippen LogP contribution in [0.3, 0.4) is 0 Å². The van der Waals surface area contributed by atoms with Gasteiger partial charge in [-0.1, -0.05) is 25.1 Å². The molecule has 3 nitrogen and oxygen atoms in total. The van der Waals surface area contributed by atoms with Crippen molar-refractivity contribution in [1.82, 2.24) is 5.32 Å². The van der Waals surface area contributed by atoms with E-state index in [1.807, 2.05) is 0 Å². The summed E-state index contributed by atoms with van der Waals surface area (Å²) in [5.74, 6) is -0.815. The third kappa shape index (κ3) is 5.93. The fourth-order valence-electron chi connectivity index (χ4n) is 1.97. The molecule has 0 fully saturated rings. The third-order valence-corrected chi connectivity index (χ3v) is 3.05. The highest BCUT2D eigenvalue weighted by Gasteiger charge is 2.34. The lowest BCUT2D eigenvalue weighted by Crippen LogP contribution is -2.38. The molecule has 0 saturated carbocycles. The van der Waals surface area contributed by atoms with Gasteiger partial charge in [0.05, 0.1) is 5.56 Å². The van der Waals surface area contributed by atoms with Crippen molar-refractivity contribution in [3.8, 4) is 0 Å². The van der Waals surface area contributed by atoms with Crippen molar-refractivity contribution in [1.29, 1.82) is 0 Å². The van der Waals surface area contributed by atoms with Crippen molar-refractivity contribution >= 4 is 18.3 Å². The van der Waals surface area contributed by atoms with Crippen molar-refractivity contribution < 1.29 is 18.0 Å². The molecule has 21 heavy (non-hydrogen) atoms. The first-order valence-electron chi connectivity index (χ1n) is 6.41. The van der Waals surface area contributed by atoms with Crippen molar-refractivity contribution in [2.45, 2.75) is 38.4 Å². The van der Waals surface area contributed by atoms with E-state index in [0.29, 0.717) is 6.54 Å². The molecule has 1 aromatic rings. The lowest BCUT2D eigenvalue weighted by Gasteiger charge is -2.19. The van der Waals surface area contributed by atoms with Gasteiger partial charge in [0.15, 0.2) is 0 Å². The summed E-state index contributed by atoms with van der Waals surface area (Å²) in [7, 11) is 0. The second-order valence-corrected chi connectivity index (χ2v) is 4.89. The zero-order valence-corrected chi connectivity index (χ0v) is 12.7. The van der Waals surface area contributed by atoms with Crippen LogP contribution in [0.25, 0.3) is 0 Å². The van der Waals surface area contributed by atoms with Gasteiger partial charge in [0.1, 0.15) is 0 Å². The molecule has 3 N–H and O–H groups in total. The van der Waals surface area contributed by atoms with Crippen LogP contribution in [0.1, 0.15) is 37.3 Å². The Bertz CT molecular complexity index is 466. The molecule has 0 heterocycles. The molecule has 0 bridgehead atoms. The molecule has 0 aliphatic carbocycles. The van der Waals surface area contributed by atoms with Gasteiger partial charge in [0, 0.05) is 19.0 Å². The zero-order chi connectivity index (χ0) is 15.3. The molecular formula is C14H20ClF3N2O. The van der Waals surface area contributed by atoms with E-state index in [0.717, 1.165) is 6.07 Å². The quantitative estimate of drug-likeness (QED) is 0.874. The topological polar surface area (TPSA) is 55.1 Å². The Kier molecular flexibility index (Phi) is 7.74. The van der Waals surface area contributed by atoms with E-state index in [1.54, 1.807) is 19.9 Å². The molecule has 0 saturated heterocycles. The minimum atomic E-state index is -4.41. The van der Waals surface area contributed by atoms with Gasteiger partial charge in [-0.3, -0.25) is 4.79 Å². The normalized spacial score (nSPS) is 14.0. The highest BCUT2D eigenvalue weighted by Crippen LogP contribution is 2.35. The molecule has 1 rings (SSSR count). The first-order chi connectivity index (χ1) is 9.25. The Labute approximate surface area is 128 Å². The standard InChI is InChI=1S/C14H19F3N2O.ClH/c1-9(7-13(20)19-10(2)8-18)11-5-3-4-6-12(11)14(15,16)17;/h3-6,9-10H,7-8,18H2,1-2H3,(H,19,20);1H/t9?,10-;/m0./s1. The molecule has 0 aromatic heterocycles. The zero-order valence-electron chi connectivity index (χ0n) is 11.9. The molecular weight excluding hydrogens is 305 g/mol. The van der Waals surface area contributed by atoms with Crippen LogP contribution in [-0.2, 0) is 11.0 Å². The first-order valence-corrected chi connectivity index (χ1v) is 6.41. The van der Waals surface area contributed by atoms with Gasteiger partial charge < -0.3 is 11.1 Å². The van der Waals surface area contributed by atoms with Gasteiger partial charge >= 0.3 is 6.18 Å². The summed E-state index contributed by atoms with van der Waals surface area (Å²) < 4.78 is 38.7.